The SMILES string of the molecule is CCNC(=NCCS(=O)(=O)C(C)(C)C)N1CC(C)C(C(=O)OC)C1. The number of carbonyl (C=O) groups excluding carboxylic acids is 1. The van der Waals surface area contributed by atoms with E-state index in [0.717, 1.165) is 0 Å². The molecule has 0 amide bonds. The van der Waals surface area contributed by atoms with Crippen molar-refractivity contribution in [3.05, 3.63) is 0 Å². The minimum Gasteiger partial charge on any atom is -0.469 e. The Morgan fingerprint density at radius 3 is 2.46 bits per heavy atom. The van der Waals surface area contributed by atoms with Gasteiger partial charge in [-0.25, -0.2) is 8.42 Å². The maximum atomic E-state index is 12.2. The van der Waals surface area contributed by atoms with Gasteiger partial charge in [0.05, 0.1) is 30.1 Å². The normalized spacial score (nSPS) is 22.6. The van der Waals surface area contributed by atoms with E-state index >= 15 is 0 Å². The summed E-state index contributed by atoms with van der Waals surface area (Å²) in [6.45, 7) is 11.2. The van der Waals surface area contributed by atoms with E-state index in [0.29, 0.717) is 25.6 Å². The van der Waals surface area contributed by atoms with Crippen molar-refractivity contribution in [1.29, 1.82) is 0 Å². The number of ether oxygens (including phenoxy) is 1. The number of guanidine groups is 1. The maximum Gasteiger partial charge on any atom is 0.310 e. The topological polar surface area (TPSA) is 88.1 Å². The van der Waals surface area contributed by atoms with Crippen LogP contribution in [0.4, 0.5) is 0 Å². The van der Waals surface area contributed by atoms with Crippen LogP contribution in [-0.4, -0.2) is 69.0 Å². The van der Waals surface area contributed by atoms with E-state index in [9.17, 15) is 13.2 Å². The Morgan fingerprint density at radius 1 is 1.33 bits per heavy atom. The molecule has 0 aromatic rings. The largest absolute Gasteiger partial charge is 0.469 e. The molecule has 1 aliphatic heterocycles. The summed E-state index contributed by atoms with van der Waals surface area (Å²) >= 11 is 0. The lowest BCUT2D eigenvalue weighted by atomic mass is 9.99. The van der Waals surface area contributed by atoms with Crippen LogP contribution < -0.4 is 5.32 Å². The first-order chi connectivity index (χ1) is 11.0. The third-order valence-electron chi connectivity index (χ3n) is 4.31. The predicted octanol–water partition coefficient (Wildman–Crippen LogP) is 0.906. The highest BCUT2D eigenvalue weighted by molar-refractivity contribution is 7.92. The van der Waals surface area contributed by atoms with Crippen molar-refractivity contribution in [2.45, 2.75) is 39.4 Å². The molecule has 24 heavy (non-hydrogen) atoms. The molecule has 0 aliphatic carbocycles. The van der Waals surface area contributed by atoms with E-state index in [2.05, 4.69) is 10.3 Å². The standard InChI is InChI=1S/C16H31N3O4S/c1-7-17-15(18-8-9-24(21,22)16(3,4)5)19-10-12(2)13(11-19)14(20)23-6/h12-13H,7-11H2,1-6H3,(H,17,18). The quantitative estimate of drug-likeness (QED) is 0.445. The van der Waals surface area contributed by atoms with Crippen molar-refractivity contribution in [1.82, 2.24) is 10.2 Å². The van der Waals surface area contributed by atoms with Gasteiger partial charge in [0.2, 0.25) is 0 Å². The van der Waals surface area contributed by atoms with Crippen molar-refractivity contribution in [2.24, 2.45) is 16.8 Å². The monoisotopic (exact) mass is 361 g/mol. The number of hydrogen-bond donors (Lipinski definition) is 1. The van der Waals surface area contributed by atoms with Crippen LogP contribution in [0, 0.1) is 11.8 Å². The van der Waals surface area contributed by atoms with E-state index < -0.39 is 14.6 Å². The van der Waals surface area contributed by atoms with Gasteiger partial charge in [-0.2, -0.15) is 0 Å². The molecule has 1 heterocycles. The molecule has 1 rings (SSSR count). The lowest BCUT2D eigenvalue weighted by molar-refractivity contribution is -0.145. The highest BCUT2D eigenvalue weighted by atomic mass is 32.2. The molecule has 1 fully saturated rings. The van der Waals surface area contributed by atoms with Gasteiger partial charge in [0.25, 0.3) is 0 Å². The Labute approximate surface area is 145 Å². The molecule has 2 atom stereocenters. The summed E-state index contributed by atoms with van der Waals surface area (Å²) in [6.07, 6.45) is 0. The number of esters is 1. The van der Waals surface area contributed by atoms with Crippen LogP contribution in [0.15, 0.2) is 4.99 Å². The zero-order chi connectivity index (χ0) is 18.5. The van der Waals surface area contributed by atoms with E-state index in [1.54, 1.807) is 20.8 Å². The van der Waals surface area contributed by atoms with Gasteiger partial charge in [-0.3, -0.25) is 9.79 Å². The molecule has 1 saturated heterocycles. The second-order valence-corrected chi connectivity index (χ2v) is 10.0. The molecule has 0 radical (unpaired) electrons. The van der Waals surface area contributed by atoms with E-state index in [1.165, 1.54) is 7.11 Å². The fraction of sp³-hybridized carbons (Fsp3) is 0.875. The number of aliphatic imine (C=N–C) groups is 1. The van der Waals surface area contributed by atoms with Crippen molar-refractivity contribution in [2.75, 3.05) is 39.0 Å². The minimum absolute atomic E-state index is 0.00914. The van der Waals surface area contributed by atoms with Crippen molar-refractivity contribution >= 4 is 21.8 Å². The fourth-order valence-corrected chi connectivity index (χ4v) is 3.55. The number of hydrogen-bond acceptors (Lipinski definition) is 5. The van der Waals surface area contributed by atoms with Crippen LogP contribution in [0.1, 0.15) is 34.6 Å². The van der Waals surface area contributed by atoms with Crippen LogP contribution in [-0.2, 0) is 19.4 Å². The van der Waals surface area contributed by atoms with E-state index in [-0.39, 0.29) is 30.1 Å². The van der Waals surface area contributed by atoms with Crippen LogP contribution in [0.25, 0.3) is 0 Å². The Morgan fingerprint density at radius 2 is 1.96 bits per heavy atom. The van der Waals surface area contributed by atoms with Crippen LogP contribution in [0.2, 0.25) is 0 Å². The minimum atomic E-state index is -3.20. The van der Waals surface area contributed by atoms with Gasteiger partial charge in [-0.1, -0.05) is 6.92 Å². The lowest BCUT2D eigenvalue weighted by Crippen LogP contribution is -2.41. The van der Waals surface area contributed by atoms with Gasteiger partial charge >= 0.3 is 5.97 Å². The number of methoxy groups -OCH3 is 1. The Kier molecular flexibility index (Phi) is 7.07. The molecule has 140 valence electrons. The fourth-order valence-electron chi connectivity index (χ4n) is 2.60. The van der Waals surface area contributed by atoms with Crippen molar-refractivity contribution in [3.8, 4) is 0 Å². The van der Waals surface area contributed by atoms with Crippen LogP contribution >= 0.6 is 0 Å². The van der Waals surface area contributed by atoms with Crippen LogP contribution in [0.3, 0.4) is 0 Å². The highest BCUT2D eigenvalue weighted by Gasteiger charge is 2.37. The molecule has 0 aromatic carbocycles. The zero-order valence-corrected chi connectivity index (χ0v) is 16.4. The number of nitrogens with one attached hydrogen (secondary N) is 1. The van der Waals surface area contributed by atoms with Gasteiger partial charge in [0.15, 0.2) is 15.8 Å². The molecule has 7 nitrogen and oxygen atoms in total. The third kappa shape index (κ3) is 5.09. The average molecular weight is 362 g/mol. The molecule has 2 unspecified atom stereocenters. The molecule has 0 spiro atoms. The molecule has 0 aromatic heterocycles. The highest BCUT2D eigenvalue weighted by Crippen LogP contribution is 2.24. The summed E-state index contributed by atoms with van der Waals surface area (Å²) < 4.78 is 28.4. The predicted molar refractivity (Wildman–Crippen MR) is 95.8 cm³/mol. The van der Waals surface area contributed by atoms with E-state index in [1.807, 2.05) is 18.7 Å². The molecule has 8 heteroatoms. The summed E-state index contributed by atoms with van der Waals surface area (Å²) in [4.78, 5) is 18.3. The summed E-state index contributed by atoms with van der Waals surface area (Å²) in [5.41, 5.74) is 0. The Bertz CT molecular complexity index is 566. The second kappa shape index (κ2) is 8.18. The molecular formula is C16H31N3O4S. The molecule has 0 saturated carbocycles. The smallest absolute Gasteiger partial charge is 0.310 e. The zero-order valence-electron chi connectivity index (χ0n) is 15.6. The summed E-state index contributed by atoms with van der Waals surface area (Å²) in [6, 6.07) is 0. The van der Waals surface area contributed by atoms with Crippen molar-refractivity contribution in [3.63, 3.8) is 0 Å². The average Bonchev–Trinajstić information content (AvgIpc) is 2.86. The number of rotatable bonds is 5. The molecule has 1 aliphatic rings. The number of carbonyl (C=O) groups is 1. The molecule has 1 N–H and O–H groups in total. The summed E-state index contributed by atoms with van der Waals surface area (Å²) in [5, 5.41) is 3.18. The van der Waals surface area contributed by atoms with Gasteiger partial charge in [-0.15, -0.1) is 0 Å². The lowest BCUT2D eigenvalue weighted by Gasteiger charge is -2.22. The van der Waals surface area contributed by atoms with Crippen molar-refractivity contribution < 1.29 is 17.9 Å². The molecule has 0 bridgehead atoms. The first-order valence-electron chi connectivity index (χ1n) is 8.37. The molecular weight excluding hydrogens is 330 g/mol. The summed E-state index contributed by atoms with van der Waals surface area (Å²) in [5.74, 6) is 0.433. The number of sulfone groups is 1. The van der Waals surface area contributed by atoms with Gasteiger partial charge in [0, 0.05) is 19.6 Å². The number of nitrogens with zero attached hydrogens (tertiary/aromatic N) is 2. The third-order valence-corrected chi connectivity index (χ3v) is 6.89. The van der Waals surface area contributed by atoms with Gasteiger partial charge in [-0.05, 0) is 33.6 Å². The maximum absolute atomic E-state index is 12.2. The van der Waals surface area contributed by atoms with E-state index in [4.69, 9.17) is 4.74 Å². The number of likely N-dealkylation sites (tertiary alicyclic amines) is 1. The first kappa shape index (κ1) is 20.7. The van der Waals surface area contributed by atoms with Gasteiger partial charge in [0.1, 0.15) is 0 Å². The second-order valence-electron chi connectivity index (χ2n) is 7.18. The van der Waals surface area contributed by atoms with Crippen LogP contribution in [0.5, 0.6) is 0 Å². The summed E-state index contributed by atoms with van der Waals surface area (Å²) in [7, 11) is -1.80. The Hall–Kier alpha value is -1.31. The van der Waals surface area contributed by atoms with Gasteiger partial charge < -0.3 is 15.0 Å². The Balaban J connectivity index is 2.79. The first-order valence-corrected chi connectivity index (χ1v) is 10.0.